The van der Waals surface area contributed by atoms with Crippen LogP contribution in [0.3, 0.4) is 0 Å². The van der Waals surface area contributed by atoms with Crippen molar-refractivity contribution in [3.8, 4) is 33.4 Å². The first-order chi connectivity index (χ1) is 26.1. The van der Waals surface area contributed by atoms with Crippen LogP contribution in [0.25, 0.3) is 33.4 Å². The predicted octanol–water partition coefficient (Wildman–Crippen LogP) is 13.5. The van der Waals surface area contributed by atoms with Crippen LogP contribution in [0, 0.1) is 0 Å². The van der Waals surface area contributed by atoms with Crippen molar-refractivity contribution >= 4 is 17.1 Å². The Labute approximate surface area is 312 Å². The summed E-state index contributed by atoms with van der Waals surface area (Å²) in [5, 5.41) is 0. The van der Waals surface area contributed by atoms with Crippen molar-refractivity contribution in [3.63, 3.8) is 0 Å². The van der Waals surface area contributed by atoms with E-state index >= 15 is 0 Å². The molecule has 0 saturated heterocycles. The maximum Gasteiger partial charge on any atom is 0.0713 e. The molecule has 0 heterocycles. The van der Waals surface area contributed by atoms with Gasteiger partial charge < -0.3 is 4.90 Å². The maximum atomic E-state index is 2.45. The first-order valence-corrected chi connectivity index (χ1v) is 18.6. The lowest BCUT2D eigenvalue weighted by atomic mass is 9.67. The number of para-hydroxylation sites is 1. The molecular weight excluding hydrogens is 639 g/mol. The molecule has 10 rings (SSSR count). The third-order valence-electron chi connectivity index (χ3n) is 11.7. The quantitative estimate of drug-likeness (QED) is 0.169. The summed E-state index contributed by atoms with van der Waals surface area (Å²) in [4.78, 5) is 2.44. The van der Waals surface area contributed by atoms with Gasteiger partial charge in [-0.1, -0.05) is 178 Å². The molecule has 0 radical (unpaired) electrons. The second kappa shape index (κ2) is 12.1. The third-order valence-corrected chi connectivity index (χ3v) is 11.7. The monoisotopic (exact) mass is 677 g/mol. The van der Waals surface area contributed by atoms with Crippen LogP contribution in [0.4, 0.5) is 17.1 Å². The number of anilines is 3. The van der Waals surface area contributed by atoms with Gasteiger partial charge in [0.05, 0.1) is 5.41 Å². The van der Waals surface area contributed by atoms with Gasteiger partial charge in [-0.3, -0.25) is 0 Å². The Balaban J connectivity index is 1.25. The van der Waals surface area contributed by atoms with E-state index in [1.54, 1.807) is 0 Å². The van der Waals surface area contributed by atoms with Gasteiger partial charge in [0, 0.05) is 22.5 Å². The minimum absolute atomic E-state index is 0.100. The molecule has 0 atom stereocenters. The van der Waals surface area contributed by atoms with E-state index in [4.69, 9.17) is 0 Å². The zero-order chi connectivity index (χ0) is 35.6. The summed E-state index contributed by atoms with van der Waals surface area (Å²) in [5.41, 5.74) is 18.4. The molecule has 53 heavy (non-hydrogen) atoms. The molecule has 0 N–H and O–H groups in total. The average Bonchev–Trinajstić information content (AvgIpc) is 3.65. The van der Waals surface area contributed by atoms with Crippen LogP contribution in [-0.4, -0.2) is 0 Å². The van der Waals surface area contributed by atoms with Gasteiger partial charge in [0.15, 0.2) is 0 Å². The van der Waals surface area contributed by atoms with Crippen LogP contribution in [0.2, 0.25) is 0 Å². The van der Waals surface area contributed by atoms with Gasteiger partial charge >= 0.3 is 0 Å². The maximum absolute atomic E-state index is 2.45. The Morgan fingerprint density at radius 1 is 0.340 bits per heavy atom. The molecule has 0 saturated carbocycles. The molecule has 1 nitrogen and oxygen atoms in total. The van der Waals surface area contributed by atoms with Crippen LogP contribution in [0.5, 0.6) is 0 Å². The fraction of sp³-hybridized carbons (Fsp3) is 0.0769. The van der Waals surface area contributed by atoms with Crippen LogP contribution < -0.4 is 4.90 Å². The van der Waals surface area contributed by atoms with Crippen molar-refractivity contribution in [3.05, 3.63) is 234 Å². The second-order valence-corrected chi connectivity index (χ2v) is 14.9. The molecule has 2 aliphatic carbocycles. The van der Waals surface area contributed by atoms with E-state index in [0.29, 0.717) is 0 Å². The number of hydrogen-bond donors (Lipinski definition) is 0. The molecule has 0 aliphatic heterocycles. The fourth-order valence-corrected chi connectivity index (χ4v) is 9.38. The minimum atomic E-state index is -0.489. The fourth-order valence-electron chi connectivity index (χ4n) is 9.38. The molecular formula is C52H39N. The first-order valence-electron chi connectivity index (χ1n) is 18.6. The Morgan fingerprint density at radius 2 is 0.868 bits per heavy atom. The SMILES string of the molecule is CC1(C)c2ccccc2-c2ccc(N(c3ccccc3)c3ccc4c(c3)-c3c(-c5ccccc5)cccc3C4(c3ccccc3)c3ccccc3)cc21. The minimum Gasteiger partial charge on any atom is -0.310 e. The van der Waals surface area contributed by atoms with Crippen LogP contribution in [-0.2, 0) is 10.8 Å². The lowest BCUT2D eigenvalue weighted by molar-refractivity contribution is 0.660. The Morgan fingerprint density at radius 3 is 1.57 bits per heavy atom. The topological polar surface area (TPSA) is 3.24 Å². The van der Waals surface area contributed by atoms with Gasteiger partial charge in [0.2, 0.25) is 0 Å². The zero-order valence-electron chi connectivity index (χ0n) is 30.0. The van der Waals surface area contributed by atoms with Crippen molar-refractivity contribution in [2.75, 3.05) is 4.90 Å². The Bertz CT molecular complexity index is 2580. The highest BCUT2D eigenvalue weighted by Gasteiger charge is 2.47. The van der Waals surface area contributed by atoms with Gasteiger partial charge in [-0.2, -0.15) is 0 Å². The molecule has 8 aromatic carbocycles. The molecule has 252 valence electrons. The molecule has 0 unspecified atom stereocenters. The summed E-state index contributed by atoms with van der Waals surface area (Å²) in [7, 11) is 0. The smallest absolute Gasteiger partial charge is 0.0713 e. The molecule has 2 aliphatic rings. The first kappa shape index (κ1) is 31.3. The number of fused-ring (bicyclic) bond motifs is 6. The summed E-state index contributed by atoms with van der Waals surface area (Å²) in [5.74, 6) is 0. The number of rotatable bonds is 6. The third kappa shape index (κ3) is 4.64. The molecule has 1 heteroatoms. The molecule has 0 amide bonds. The number of nitrogens with zero attached hydrogens (tertiary/aromatic N) is 1. The normalized spacial score (nSPS) is 14.2. The van der Waals surface area contributed by atoms with Crippen molar-refractivity contribution < 1.29 is 0 Å². The van der Waals surface area contributed by atoms with Gasteiger partial charge in [-0.15, -0.1) is 0 Å². The van der Waals surface area contributed by atoms with E-state index < -0.39 is 5.41 Å². The lowest BCUT2D eigenvalue weighted by Gasteiger charge is -2.34. The van der Waals surface area contributed by atoms with Gasteiger partial charge in [-0.05, 0) is 103 Å². The summed E-state index contributed by atoms with van der Waals surface area (Å²) in [6.07, 6.45) is 0. The van der Waals surface area contributed by atoms with Gasteiger partial charge in [-0.25, -0.2) is 0 Å². The van der Waals surface area contributed by atoms with Gasteiger partial charge in [0.25, 0.3) is 0 Å². The predicted molar refractivity (Wildman–Crippen MR) is 221 cm³/mol. The standard InChI is InChI=1S/C52H39N/c1-51(2)46-28-16-15-26-43(46)44-32-30-41(35-49(44)51)53(39-24-13-6-14-25-39)40-31-33-47-45(34-40)50-42(36-18-7-3-8-19-36)27-17-29-48(50)52(47,37-20-9-4-10-21-37)38-22-11-5-12-23-38/h3-35H,1-2H3. The molecule has 0 fully saturated rings. The van der Waals surface area contributed by atoms with E-state index in [2.05, 4.69) is 219 Å². The highest BCUT2D eigenvalue weighted by atomic mass is 15.1. The molecule has 0 bridgehead atoms. The second-order valence-electron chi connectivity index (χ2n) is 14.9. The van der Waals surface area contributed by atoms with E-state index in [-0.39, 0.29) is 5.41 Å². The number of hydrogen-bond acceptors (Lipinski definition) is 1. The van der Waals surface area contributed by atoms with Crippen molar-refractivity contribution in [1.29, 1.82) is 0 Å². The lowest BCUT2D eigenvalue weighted by Crippen LogP contribution is -2.28. The average molecular weight is 678 g/mol. The van der Waals surface area contributed by atoms with E-state index in [0.717, 1.165) is 17.1 Å². The molecule has 8 aromatic rings. The summed E-state index contributed by atoms with van der Waals surface area (Å²) < 4.78 is 0. The Hall–Kier alpha value is -6.44. The molecule has 0 aromatic heterocycles. The summed E-state index contributed by atoms with van der Waals surface area (Å²) in [6, 6.07) is 73.9. The highest BCUT2D eigenvalue weighted by Crippen LogP contribution is 2.59. The van der Waals surface area contributed by atoms with E-state index in [1.165, 1.54) is 66.8 Å². The summed E-state index contributed by atoms with van der Waals surface area (Å²) >= 11 is 0. The Kier molecular flexibility index (Phi) is 7.13. The van der Waals surface area contributed by atoms with Crippen molar-refractivity contribution in [1.82, 2.24) is 0 Å². The van der Waals surface area contributed by atoms with Gasteiger partial charge in [0.1, 0.15) is 0 Å². The van der Waals surface area contributed by atoms with E-state index in [1.807, 2.05) is 0 Å². The van der Waals surface area contributed by atoms with E-state index in [9.17, 15) is 0 Å². The van der Waals surface area contributed by atoms with Crippen LogP contribution in [0.15, 0.2) is 200 Å². The molecule has 0 spiro atoms. The van der Waals surface area contributed by atoms with Crippen molar-refractivity contribution in [2.24, 2.45) is 0 Å². The van der Waals surface area contributed by atoms with Crippen molar-refractivity contribution in [2.45, 2.75) is 24.7 Å². The highest BCUT2D eigenvalue weighted by molar-refractivity contribution is 5.97. The van der Waals surface area contributed by atoms with Crippen LogP contribution in [0.1, 0.15) is 47.2 Å². The largest absolute Gasteiger partial charge is 0.310 e. The zero-order valence-corrected chi connectivity index (χ0v) is 30.0. The van der Waals surface area contributed by atoms with Crippen LogP contribution >= 0.6 is 0 Å². The number of benzene rings is 8. The summed E-state index contributed by atoms with van der Waals surface area (Å²) in [6.45, 7) is 4.72.